The Bertz CT molecular complexity index is 1570. The van der Waals surface area contributed by atoms with E-state index in [4.69, 9.17) is 9.15 Å². The van der Waals surface area contributed by atoms with Crippen molar-refractivity contribution in [3.8, 4) is 11.3 Å². The van der Waals surface area contributed by atoms with Gasteiger partial charge in [-0.1, -0.05) is 49.6 Å². The maximum atomic E-state index is 11.9. The summed E-state index contributed by atoms with van der Waals surface area (Å²) in [7, 11) is 1.37. The van der Waals surface area contributed by atoms with Crippen LogP contribution in [-0.4, -0.2) is 33.7 Å². The molecule has 38 heavy (non-hydrogen) atoms. The van der Waals surface area contributed by atoms with Crippen LogP contribution < -0.4 is 0 Å². The summed E-state index contributed by atoms with van der Waals surface area (Å²) in [6.45, 7) is 0.493. The molecule has 1 N–H and O–H groups in total. The van der Waals surface area contributed by atoms with Gasteiger partial charge in [-0.25, -0.2) is 9.78 Å². The van der Waals surface area contributed by atoms with Crippen LogP contribution >= 0.6 is 0 Å². The molecule has 6 rings (SSSR count). The highest BCUT2D eigenvalue weighted by Crippen LogP contribution is 2.47. The zero-order valence-electron chi connectivity index (χ0n) is 21.4. The second kappa shape index (κ2) is 9.97. The first-order valence-corrected chi connectivity index (χ1v) is 13.2. The SMILES string of the molecule is COC(=O)CCc1cnc(C2=Cc3ccccc3-c3c(C4CCCCC4)c4ccc(C(=O)O)cc4n3C2)o1. The number of methoxy groups -OCH3 is 1. The number of aromatic carboxylic acids is 1. The van der Waals surface area contributed by atoms with E-state index in [-0.39, 0.29) is 18.0 Å². The second-order valence-electron chi connectivity index (χ2n) is 10.2. The lowest BCUT2D eigenvalue weighted by atomic mass is 9.81. The van der Waals surface area contributed by atoms with Gasteiger partial charge in [0.1, 0.15) is 5.76 Å². The van der Waals surface area contributed by atoms with E-state index in [0.717, 1.165) is 46.1 Å². The third-order valence-corrected chi connectivity index (χ3v) is 7.87. The molecule has 7 nitrogen and oxygen atoms in total. The van der Waals surface area contributed by atoms with E-state index in [0.29, 0.717) is 30.5 Å². The molecule has 1 saturated carbocycles. The number of rotatable bonds is 6. The quantitative estimate of drug-likeness (QED) is 0.290. The molecule has 2 aromatic heterocycles. The van der Waals surface area contributed by atoms with Gasteiger partial charge in [-0.3, -0.25) is 4.79 Å². The van der Waals surface area contributed by atoms with Crippen LogP contribution in [0.25, 0.3) is 33.8 Å². The van der Waals surface area contributed by atoms with Crippen molar-refractivity contribution >= 4 is 34.5 Å². The summed E-state index contributed by atoms with van der Waals surface area (Å²) in [5.74, 6) is 0.327. The number of aromatic nitrogens is 2. The summed E-state index contributed by atoms with van der Waals surface area (Å²) >= 11 is 0. The van der Waals surface area contributed by atoms with E-state index >= 15 is 0 Å². The molecule has 0 saturated heterocycles. The van der Waals surface area contributed by atoms with E-state index in [2.05, 4.69) is 33.8 Å². The normalized spacial score (nSPS) is 15.4. The van der Waals surface area contributed by atoms with Crippen molar-refractivity contribution in [3.63, 3.8) is 0 Å². The molecule has 1 aliphatic heterocycles. The zero-order chi connectivity index (χ0) is 26.2. The number of carbonyl (C=O) groups is 2. The highest BCUT2D eigenvalue weighted by Gasteiger charge is 2.30. The minimum atomic E-state index is -0.936. The van der Waals surface area contributed by atoms with Crippen molar-refractivity contribution in [1.82, 2.24) is 9.55 Å². The number of carboxylic acid groups (broad SMARTS) is 1. The molecule has 0 spiro atoms. The molecule has 2 aliphatic rings. The van der Waals surface area contributed by atoms with Crippen LogP contribution in [-0.2, 0) is 22.5 Å². The predicted molar refractivity (Wildman–Crippen MR) is 145 cm³/mol. The summed E-state index contributed by atoms with van der Waals surface area (Å²) in [6.07, 6.45) is 10.4. The summed E-state index contributed by atoms with van der Waals surface area (Å²) in [4.78, 5) is 28.1. The number of aryl methyl sites for hydroxylation is 1. The number of carboxylic acids is 1. The summed E-state index contributed by atoms with van der Waals surface area (Å²) < 4.78 is 13.1. The fourth-order valence-corrected chi connectivity index (χ4v) is 6.04. The molecule has 0 atom stereocenters. The largest absolute Gasteiger partial charge is 0.478 e. The summed E-state index contributed by atoms with van der Waals surface area (Å²) in [5.41, 5.74) is 6.78. The number of allylic oxidation sites excluding steroid dienone is 1. The fraction of sp³-hybridized carbons (Fsp3) is 0.323. The van der Waals surface area contributed by atoms with Crippen molar-refractivity contribution in [2.45, 2.75) is 57.4 Å². The van der Waals surface area contributed by atoms with Crippen LogP contribution in [0, 0.1) is 0 Å². The molecule has 0 amide bonds. The number of benzene rings is 2. The molecule has 4 aromatic rings. The third-order valence-electron chi connectivity index (χ3n) is 7.87. The van der Waals surface area contributed by atoms with Crippen LogP contribution in [0.4, 0.5) is 0 Å². The Balaban J connectivity index is 1.52. The van der Waals surface area contributed by atoms with Crippen LogP contribution in [0.3, 0.4) is 0 Å². The first-order chi connectivity index (χ1) is 18.5. The standard InChI is InChI=1S/C31H30N2O5/c1-37-27(34)14-12-23-17-32-30(38-23)22-15-20-9-5-6-10-24(20)29-28(19-7-3-2-4-8-19)25-13-11-21(31(35)36)16-26(25)33(29)18-22/h5-6,9-11,13,15-17,19H,2-4,7-8,12,14,18H2,1H3,(H,35,36). The van der Waals surface area contributed by atoms with Crippen LogP contribution in [0.15, 0.2) is 53.1 Å². The predicted octanol–water partition coefficient (Wildman–Crippen LogP) is 6.70. The monoisotopic (exact) mass is 510 g/mol. The van der Waals surface area contributed by atoms with Gasteiger partial charge in [0.05, 0.1) is 37.5 Å². The maximum absolute atomic E-state index is 11.9. The number of nitrogens with zero attached hydrogens (tertiary/aromatic N) is 2. The van der Waals surface area contributed by atoms with E-state index in [1.807, 2.05) is 12.1 Å². The van der Waals surface area contributed by atoms with Crippen LogP contribution in [0.5, 0.6) is 0 Å². The number of esters is 1. The Morgan fingerprint density at radius 2 is 1.95 bits per heavy atom. The minimum Gasteiger partial charge on any atom is -0.478 e. The number of fused-ring (bicyclic) bond motifs is 5. The summed E-state index contributed by atoms with van der Waals surface area (Å²) in [6, 6.07) is 13.9. The van der Waals surface area contributed by atoms with Crippen molar-refractivity contribution in [3.05, 3.63) is 77.0 Å². The van der Waals surface area contributed by atoms with Gasteiger partial charge in [0.15, 0.2) is 0 Å². The van der Waals surface area contributed by atoms with Gasteiger partial charge in [-0.2, -0.15) is 0 Å². The van der Waals surface area contributed by atoms with Gasteiger partial charge in [0, 0.05) is 28.5 Å². The van der Waals surface area contributed by atoms with Gasteiger partial charge in [-0.15, -0.1) is 0 Å². The molecule has 7 heteroatoms. The smallest absolute Gasteiger partial charge is 0.335 e. The van der Waals surface area contributed by atoms with E-state index < -0.39 is 5.97 Å². The van der Waals surface area contributed by atoms with Crippen molar-refractivity contribution < 1.29 is 23.8 Å². The number of hydrogen-bond acceptors (Lipinski definition) is 5. The van der Waals surface area contributed by atoms with E-state index in [1.165, 1.54) is 31.9 Å². The van der Waals surface area contributed by atoms with Crippen molar-refractivity contribution in [1.29, 1.82) is 0 Å². The second-order valence-corrected chi connectivity index (χ2v) is 10.2. The van der Waals surface area contributed by atoms with Gasteiger partial charge < -0.3 is 18.8 Å². The molecular weight excluding hydrogens is 480 g/mol. The fourth-order valence-electron chi connectivity index (χ4n) is 6.04. The van der Waals surface area contributed by atoms with Crippen LogP contribution in [0.2, 0.25) is 0 Å². The molecular formula is C31H30N2O5. The molecule has 1 fully saturated rings. The third kappa shape index (κ3) is 4.32. The minimum absolute atomic E-state index is 0.224. The van der Waals surface area contributed by atoms with Crippen LogP contribution in [0.1, 0.15) is 77.6 Å². The van der Waals surface area contributed by atoms with Crippen molar-refractivity contribution in [2.75, 3.05) is 7.11 Å². The molecule has 1 aliphatic carbocycles. The Hall–Kier alpha value is -4.13. The maximum Gasteiger partial charge on any atom is 0.335 e. The number of ether oxygens (including phenoxy) is 1. The highest BCUT2D eigenvalue weighted by atomic mass is 16.5. The first kappa shape index (κ1) is 24.2. The van der Waals surface area contributed by atoms with Gasteiger partial charge >= 0.3 is 11.9 Å². The number of oxazole rings is 1. The Morgan fingerprint density at radius 3 is 2.74 bits per heavy atom. The lowest BCUT2D eigenvalue weighted by molar-refractivity contribution is -0.140. The topological polar surface area (TPSA) is 94.6 Å². The average molecular weight is 511 g/mol. The van der Waals surface area contributed by atoms with E-state index in [1.54, 1.807) is 18.3 Å². The lowest BCUT2D eigenvalue weighted by Gasteiger charge is -2.24. The summed E-state index contributed by atoms with van der Waals surface area (Å²) in [5, 5.41) is 10.9. The molecule has 0 unspecified atom stereocenters. The Kier molecular flexibility index (Phi) is 6.35. The van der Waals surface area contributed by atoms with Gasteiger partial charge in [0.2, 0.25) is 5.89 Å². The zero-order valence-corrected chi connectivity index (χ0v) is 21.4. The van der Waals surface area contributed by atoms with Gasteiger partial charge in [0.25, 0.3) is 0 Å². The average Bonchev–Trinajstić information content (AvgIpc) is 3.50. The highest BCUT2D eigenvalue weighted by molar-refractivity contribution is 6.00. The number of carbonyl (C=O) groups excluding carboxylic acids is 1. The van der Waals surface area contributed by atoms with E-state index in [9.17, 15) is 14.7 Å². The first-order valence-electron chi connectivity index (χ1n) is 13.2. The Morgan fingerprint density at radius 1 is 1.13 bits per heavy atom. The molecule has 0 radical (unpaired) electrons. The molecule has 194 valence electrons. The molecule has 3 heterocycles. The molecule has 2 aromatic carbocycles. The Labute approximate surface area is 220 Å². The molecule has 0 bridgehead atoms. The number of hydrogen-bond donors (Lipinski definition) is 1. The van der Waals surface area contributed by atoms with Gasteiger partial charge in [-0.05, 0) is 48.1 Å². The lowest BCUT2D eigenvalue weighted by Crippen LogP contribution is -2.07. The van der Waals surface area contributed by atoms with Crippen molar-refractivity contribution in [2.24, 2.45) is 0 Å².